The van der Waals surface area contributed by atoms with Crippen LogP contribution in [0, 0.1) is 13.8 Å². The molecule has 2 nitrogen and oxygen atoms in total. The Morgan fingerprint density at radius 3 is 2.05 bits per heavy atom. The van der Waals surface area contributed by atoms with Crippen molar-refractivity contribution in [3.05, 3.63) is 53.1 Å². The molecule has 0 unspecified atom stereocenters. The number of rotatable bonds is 4. The maximum absolute atomic E-state index is 10.7. The van der Waals surface area contributed by atoms with Gasteiger partial charge in [0.1, 0.15) is 12.0 Å². The van der Waals surface area contributed by atoms with Crippen LogP contribution in [0.4, 0.5) is 0 Å². The molecule has 0 amide bonds. The predicted molar refractivity (Wildman–Crippen MR) is 77.9 cm³/mol. The van der Waals surface area contributed by atoms with Crippen molar-refractivity contribution in [2.45, 2.75) is 20.8 Å². The van der Waals surface area contributed by atoms with E-state index in [0.717, 1.165) is 34.3 Å². The number of hydrogen-bond acceptors (Lipinski definition) is 2. The molecule has 0 bridgehead atoms. The summed E-state index contributed by atoms with van der Waals surface area (Å²) in [4.78, 5) is 10.7. The molecule has 0 spiro atoms. The smallest absolute Gasteiger partial charge is 0.150 e. The Kier molecular flexibility index (Phi) is 4.00. The minimum Gasteiger partial charge on any atom is -0.493 e. The number of aldehydes is 1. The highest BCUT2D eigenvalue weighted by Crippen LogP contribution is 2.30. The zero-order chi connectivity index (χ0) is 13.8. The second-order valence-electron chi connectivity index (χ2n) is 4.61. The van der Waals surface area contributed by atoms with E-state index in [1.165, 1.54) is 0 Å². The fourth-order valence-corrected chi connectivity index (χ4v) is 2.24. The molecule has 2 aromatic rings. The van der Waals surface area contributed by atoms with Gasteiger partial charge in [0.15, 0.2) is 0 Å². The third-order valence-electron chi connectivity index (χ3n) is 3.13. The summed E-state index contributed by atoms with van der Waals surface area (Å²) in [5.41, 5.74) is 5.23. The van der Waals surface area contributed by atoms with Crippen LogP contribution in [0.3, 0.4) is 0 Å². The second kappa shape index (κ2) is 5.70. The maximum Gasteiger partial charge on any atom is 0.150 e. The maximum atomic E-state index is 10.7. The van der Waals surface area contributed by atoms with Crippen molar-refractivity contribution >= 4 is 6.29 Å². The molecule has 2 rings (SSSR count). The second-order valence-corrected chi connectivity index (χ2v) is 4.61. The van der Waals surface area contributed by atoms with Gasteiger partial charge in [-0.05, 0) is 55.2 Å². The van der Waals surface area contributed by atoms with Gasteiger partial charge in [0.05, 0.1) is 6.61 Å². The third-order valence-corrected chi connectivity index (χ3v) is 3.13. The lowest BCUT2D eigenvalue weighted by atomic mass is 9.99. The number of ether oxygens (including phenoxy) is 1. The van der Waals surface area contributed by atoms with Crippen molar-refractivity contribution in [2.24, 2.45) is 0 Å². The summed E-state index contributed by atoms with van der Waals surface area (Å²) in [5.74, 6) is 0.968. The number of hydrogen-bond donors (Lipinski definition) is 0. The minimum absolute atomic E-state index is 0.676. The molecule has 2 heteroatoms. The Bertz CT molecular complexity index is 560. The van der Waals surface area contributed by atoms with Crippen molar-refractivity contribution in [1.29, 1.82) is 0 Å². The van der Waals surface area contributed by atoms with Gasteiger partial charge in [0.2, 0.25) is 0 Å². The number of carbonyl (C=O) groups excluding carboxylic acids is 1. The summed E-state index contributed by atoms with van der Waals surface area (Å²) >= 11 is 0. The number of aryl methyl sites for hydroxylation is 2. The summed E-state index contributed by atoms with van der Waals surface area (Å²) in [7, 11) is 0. The first-order chi connectivity index (χ1) is 9.15. The molecule has 0 atom stereocenters. The van der Waals surface area contributed by atoms with E-state index < -0.39 is 0 Å². The van der Waals surface area contributed by atoms with Crippen LogP contribution in [-0.2, 0) is 0 Å². The van der Waals surface area contributed by atoms with E-state index in [9.17, 15) is 4.79 Å². The highest BCUT2D eigenvalue weighted by Gasteiger charge is 2.07. The van der Waals surface area contributed by atoms with Crippen molar-refractivity contribution in [2.75, 3.05) is 6.61 Å². The molecule has 2 aromatic carbocycles. The van der Waals surface area contributed by atoms with Crippen molar-refractivity contribution in [3.8, 4) is 16.9 Å². The normalized spacial score (nSPS) is 10.3. The molecule has 0 radical (unpaired) electrons. The average molecular weight is 254 g/mol. The largest absolute Gasteiger partial charge is 0.493 e. The van der Waals surface area contributed by atoms with E-state index >= 15 is 0 Å². The van der Waals surface area contributed by atoms with Crippen LogP contribution in [0.25, 0.3) is 11.1 Å². The molecule has 98 valence electrons. The Morgan fingerprint density at radius 1 is 1.00 bits per heavy atom. The first kappa shape index (κ1) is 13.3. The lowest BCUT2D eigenvalue weighted by molar-refractivity contribution is 0.112. The van der Waals surface area contributed by atoms with Gasteiger partial charge in [-0.25, -0.2) is 0 Å². The molecular formula is C17H18O2. The lowest BCUT2D eigenvalue weighted by Crippen LogP contribution is -1.97. The van der Waals surface area contributed by atoms with E-state index in [2.05, 4.69) is 26.0 Å². The topological polar surface area (TPSA) is 26.3 Å². The van der Waals surface area contributed by atoms with Crippen LogP contribution in [0.15, 0.2) is 36.4 Å². The summed E-state index contributed by atoms with van der Waals surface area (Å²) < 4.78 is 5.65. The van der Waals surface area contributed by atoms with Crippen LogP contribution in [-0.4, -0.2) is 12.9 Å². The molecular weight excluding hydrogens is 236 g/mol. The summed E-state index contributed by atoms with van der Waals surface area (Å²) in [6.07, 6.45) is 0.860. The standard InChI is InChI=1S/C17H18O2/c1-4-19-17-12(2)9-16(10-13(17)3)15-7-5-14(11-18)6-8-15/h5-11H,4H2,1-3H3. The highest BCUT2D eigenvalue weighted by atomic mass is 16.5. The molecule has 19 heavy (non-hydrogen) atoms. The van der Waals surface area contributed by atoms with Crippen molar-refractivity contribution in [3.63, 3.8) is 0 Å². The van der Waals surface area contributed by atoms with Gasteiger partial charge in [-0.2, -0.15) is 0 Å². The van der Waals surface area contributed by atoms with E-state index in [1.54, 1.807) is 0 Å². The zero-order valence-electron chi connectivity index (χ0n) is 11.6. The molecule has 0 heterocycles. The average Bonchev–Trinajstić information content (AvgIpc) is 2.43. The molecule has 0 saturated carbocycles. The molecule has 0 aromatic heterocycles. The van der Waals surface area contributed by atoms with E-state index in [0.29, 0.717) is 12.2 Å². The monoisotopic (exact) mass is 254 g/mol. The molecule has 0 fully saturated rings. The Labute approximate surface area is 114 Å². The van der Waals surface area contributed by atoms with Gasteiger partial charge in [-0.1, -0.05) is 24.3 Å². The fraction of sp³-hybridized carbons (Fsp3) is 0.235. The van der Waals surface area contributed by atoms with Crippen molar-refractivity contribution in [1.82, 2.24) is 0 Å². The van der Waals surface area contributed by atoms with Crippen LogP contribution in [0.1, 0.15) is 28.4 Å². The SMILES string of the molecule is CCOc1c(C)cc(-c2ccc(C=O)cc2)cc1C. The van der Waals surface area contributed by atoms with Crippen LogP contribution in [0.2, 0.25) is 0 Å². The van der Waals surface area contributed by atoms with Gasteiger partial charge in [-0.15, -0.1) is 0 Å². The lowest BCUT2D eigenvalue weighted by Gasteiger charge is -2.13. The quantitative estimate of drug-likeness (QED) is 0.765. The van der Waals surface area contributed by atoms with Crippen LogP contribution < -0.4 is 4.74 Å². The van der Waals surface area contributed by atoms with Gasteiger partial charge in [0.25, 0.3) is 0 Å². The molecule has 0 aliphatic rings. The first-order valence-corrected chi connectivity index (χ1v) is 6.45. The molecule has 0 N–H and O–H groups in total. The molecule has 0 aliphatic heterocycles. The third kappa shape index (κ3) is 2.84. The van der Waals surface area contributed by atoms with E-state index in [4.69, 9.17) is 4.74 Å². The minimum atomic E-state index is 0.676. The van der Waals surface area contributed by atoms with Crippen molar-refractivity contribution < 1.29 is 9.53 Å². The van der Waals surface area contributed by atoms with Gasteiger partial charge < -0.3 is 4.74 Å². The van der Waals surface area contributed by atoms with Crippen LogP contribution in [0.5, 0.6) is 5.75 Å². The fourth-order valence-electron chi connectivity index (χ4n) is 2.24. The van der Waals surface area contributed by atoms with E-state index in [-0.39, 0.29) is 0 Å². The Hall–Kier alpha value is -2.09. The Morgan fingerprint density at radius 2 is 1.58 bits per heavy atom. The molecule has 0 saturated heterocycles. The Balaban J connectivity index is 2.42. The summed E-state index contributed by atoms with van der Waals surface area (Å²) in [6.45, 7) is 6.78. The van der Waals surface area contributed by atoms with Gasteiger partial charge >= 0.3 is 0 Å². The predicted octanol–water partition coefficient (Wildman–Crippen LogP) is 4.18. The van der Waals surface area contributed by atoms with Gasteiger partial charge in [0, 0.05) is 5.56 Å². The zero-order valence-corrected chi connectivity index (χ0v) is 11.6. The summed E-state index contributed by atoms with van der Waals surface area (Å²) in [6, 6.07) is 11.9. The molecule has 0 aliphatic carbocycles. The van der Waals surface area contributed by atoms with Gasteiger partial charge in [-0.3, -0.25) is 4.79 Å². The highest BCUT2D eigenvalue weighted by molar-refractivity contribution is 5.77. The van der Waals surface area contributed by atoms with E-state index in [1.807, 2.05) is 31.2 Å². The first-order valence-electron chi connectivity index (χ1n) is 6.45. The number of carbonyl (C=O) groups is 1. The van der Waals surface area contributed by atoms with Crippen LogP contribution >= 0.6 is 0 Å². The number of benzene rings is 2. The summed E-state index contributed by atoms with van der Waals surface area (Å²) in [5, 5.41) is 0.